The van der Waals surface area contributed by atoms with E-state index in [0.717, 1.165) is 5.69 Å². The summed E-state index contributed by atoms with van der Waals surface area (Å²) in [5, 5.41) is 15.0. The summed E-state index contributed by atoms with van der Waals surface area (Å²) in [5.74, 6) is 0.621. The second kappa shape index (κ2) is 5.45. The molecule has 1 saturated carbocycles. The highest BCUT2D eigenvalue weighted by Gasteiger charge is 2.17. The third kappa shape index (κ3) is 2.57. The van der Waals surface area contributed by atoms with Gasteiger partial charge in [0.25, 0.3) is 5.69 Å². The molecule has 5 nitrogen and oxygen atoms in total. The number of nitrogens with zero attached hydrogens (tertiary/aromatic N) is 3. The van der Waals surface area contributed by atoms with Crippen molar-refractivity contribution in [2.75, 3.05) is 0 Å². The standard InChI is InChI=1S/C15H17N3O2/c19-18(20)15-8-6-14(7-9-15)17-11-13(10-16-17)12-4-2-1-3-5-12/h6-12H,1-5H2. The monoisotopic (exact) mass is 271 g/mol. The molecule has 20 heavy (non-hydrogen) atoms. The largest absolute Gasteiger partial charge is 0.269 e. The number of rotatable bonds is 3. The van der Waals surface area contributed by atoms with Gasteiger partial charge < -0.3 is 0 Å². The van der Waals surface area contributed by atoms with E-state index in [0.29, 0.717) is 5.92 Å². The van der Waals surface area contributed by atoms with Crippen LogP contribution in [0.4, 0.5) is 5.69 Å². The number of hydrogen-bond acceptors (Lipinski definition) is 3. The zero-order valence-electron chi connectivity index (χ0n) is 11.2. The Hall–Kier alpha value is -2.17. The van der Waals surface area contributed by atoms with E-state index in [4.69, 9.17) is 0 Å². The fourth-order valence-electron chi connectivity index (χ4n) is 2.85. The minimum Gasteiger partial charge on any atom is -0.258 e. The summed E-state index contributed by atoms with van der Waals surface area (Å²) in [5.41, 5.74) is 2.24. The Morgan fingerprint density at radius 2 is 1.85 bits per heavy atom. The van der Waals surface area contributed by atoms with E-state index < -0.39 is 0 Å². The zero-order valence-corrected chi connectivity index (χ0v) is 11.2. The Morgan fingerprint density at radius 1 is 1.15 bits per heavy atom. The first-order chi connectivity index (χ1) is 9.74. The molecule has 0 amide bonds. The van der Waals surface area contributed by atoms with Gasteiger partial charge in [-0.2, -0.15) is 5.10 Å². The zero-order chi connectivity index (χ0) is 13.9. The maximum absolute atomic E-state index is 10.6. The molecule has 0 radical (unpaired) electrons. The van der Waals surface area contributed by atoms with E-state index in [1.807, 2.05) is 6.20 Å². The topological polar surface area (TPSA) is 61.0 Å². The first-order valence-electron chi connectivity index (χ1n) is 7.03. The van der Waals surface area contributed by atoms with Crippen LogP contribution in [0.1, 0.15) is 43.6 Å². The van der Waals surface area contributed by atoms with E-state index in [-0.39, 0.29) is 10.6 Å². The Labute approximate surface area is 117 Å². The van der Waals surface area contributed by atoms with Gasteiger partial charge in [-0.3, -0.25) is 10.1 Å². The highest BCUT2D eigenvalue weighted by atomic mass is 16.6. The predicted molar refractivity (Wildman–Crippen MR) is 76.0 cm³/mol. The summed E-state index contributed by atoms with van der Waals surface area (Å²) < 4.78 is 1.80. The summed E-state index contributed by atoms with van der Waals surface area (Å²) >= 11 is 0. The van der Waals surface area contributed by atoms with Crippen molar-refractivity contribution >= 4 is 5.69 Å². The summed E-state index contributed by atoms with van der Waals surface area (Å²) in [6.45, 7) is 0. The molecule has 1 aromatic heterocycles. The average Bonchev–Trinajstić information content (AvgIpc) is 2.98. The maximum atomic E-state index is 10.6. The van der Waals surface area contributed by atoms with Gasteiger partial charge in [0.2, 0.25) is 0 Å². The Balaban J connectivity index is 1.80. The van der Waals surface area contributed by atoms with Gasteiger partial charge in [0.05, 0.1) is 16.8 Å². The summed E-state index contributed by atoms with van der Waals surface area (Å²) in [4.78, 5) is 10.3. The van der Waals surface area contributed by atoms with Crippen LogP contribution < -0.4 is 0 Å². The third-order valence-corrected chi connectivity index (χ3v) is 4.00. The van der Waals surface area contributed by atoms with Gasteiger partial charge in [-0.15, -0.1) is 0 Å². The first kappa shape index (κ1) is 12.8. The van der Waals surface area contributed by atoms with E-state index >= 15 is 0 Å². The molecule has 1 aliphatic rings. The van der Waals surface area contributed by atoms with Gasteiger partial charge in [0.1, 0.15) is 0 Å². The highest BCUT2D eigenvalue weighted by molar-refractivity contribution is 5.40. The minimum absolute atomic E-state index is 0.105. The van der Waals surface area contributed by atoms with E-state index in [9.17, 15) is 10.1 Å². The van der Waals surface area contributed by atoms with E-state index in [1.165, 1.54) is 49.8 Å². The second-order valence-electron chi connectivity index (χ2n) is 5.33. The van der Waals surface area contributed by atoms with Gasteiger partial charge in [-0.25, -0.2) is 4.68 Å². The lowest BCUT2D eigenvalue weighted by Crippen LogP contribution is -2.03. The van der Waals surface area contributed by atoms with Crippen molar-refractivity contribution in [2.24, 2.45) is 0 Å². The number of aromatic nitrogens is 2. The lowest BCUT2D eigenvalue weighted by Gasteiger charge is -2.19. The SMILES string of the molecule is O=[N+]([O-])c1ccc(-n2cc(C3CCCCC3)cn2)cc1. The van der Waals surface area contributed by atoms with E-state index in [1.54, 1.807) is 16.8 Å². The van der Waals surface area contributed by atoms with Crippen LogP contribution in [0.25, 0.3) is 5.69 Å². The molecular formula is C15H17N3O2. The van der Waals surface area contributed by atoms with Gasteiger partial charge in [0.15, 0.2) is 0 Å². The Bertz CT molecular complexity index is 598. The van der Waals surface area contributed by atoms with Crippen LogP contribution >= 0.6 is 0 Å². The smallest absolute Gasteiger partial charge is 0.258 e. The van der Waals surface area contributed by atoms with Crippen molar-refractivity contribution in [3.8, 4) is 5.69 Å². The normalized spacial score (nSPS) is 16.2. The molecule has 104 valence electrons. The van der Waals surface area contributed by atoms with Gasteiger partial charge in [0, 0.05) is 18.3 Å². The van der Waals surface area contributed by atoms with Crippen LogP contribution in [0.5, 0.6) is 0 Å². The molecule has 0 saturated heterocycles. The first-order valence-corrected chi connectivity index (χ1v) is 7.03. The van der Waals surface area contributed by atoms with Crippen molar-refractivity contribution < 1.29 is 4.92 Å². The van der Waals surface area contributed by atoms with Gasteiger partial charge in [-0.1, -0.05) is 19.3 Å². The molecule has 1 fully saturated rings. The molecule has 0 spiro atoms. The molecule has 0 atom stereocenters. The number of hydrogen-bond donors (Lipinski definition) is 0. The maximum Gasteiger partial charge on any atom is 0.269 e. The Morgan fingerprint density at radius 3 is 2.50 bits per heavy atom. The molecule has 5 heteroatoms. The molecule has 1 heterocycles. The number of non-ortho nitro benzene ring substituents is 1. The van der Waals surface area contributed by atoms with Crippen molar-refractivity contribution in [3.05, 3.63) is 52.3 Å². The van der Waals surface area contributed by atoms with Crippen LogP contribution in [-0.4, -0.2) is 14.7 Å². The van der Waals surface area contributed by atoms with Crippen LogP contribution in [-0.2, 0) is 0 Å². The number of nitro benzene ring substituents is 1. The van der Waals surface area contributed by atoms with Crippen LogP contribution in [0.3, 0.4) is 0 Å². The second-order valence-corrected chi connectivity index (χ2v) is 5.33. The molecule has 1 aromatic carbocycles. The van der Waals surface area contributed by atoms with Crippen LogP contribution in [0, 0.1) is 10.1 Å². The van der Waals surface area contributed by atoms with Crippen LogP contribution in [0.15, 0.2) is 36.7 Å². The van der Waals surface area contributed by atoms with E-state index in [2.05, 4.69) is 11.3 Å². The summed E-state index contributed by atoms with van der Waals surface area (Å²) in [6.07, 6.45) is 10.4. The molecule has 1 aliphatic carbocycles. The predicted octanol–water partition coefficient (Wildman–Crippen LogP) is 3.83. The van der Waals surface area contributed by atoms with Crippen molar-refractivity contribution in [1.82, 2.24) is 9.78 Å². The molecule has 2 aromatic rings. The molecule has 0 unspecified atom stereocenters. The molecule has 3 rings (SSSR count). The fourth-order valence-corrected chi connectivity index (χ4v) is 2.85. The number of nitro groups is 1. The molecule has 0 bridgehead atoms. The van der Waals surface area contributed by atoms with Gasteiger partial charge >= 0.3 is 0 Å². The van der Waals surface area contributed by atoms with Crippen molar-refractivity contribution in [1.29, 1.82) is 0 Å². The summed E-state index contributed by atoms with van der Waals surface area (Å²) in [6, 6.07) is 6.49. The van der Waals surface area contributed by atoms with Crippen molar-refractivity contribution in [2.45, 2.75) is 38.0 Å². The number of benzene rings is 1. The molecule has 0 N–H and O–H groups in total. The summed E-state index contributed by atoms with van der Waals surface area (Å²) in [7, 11) is 0. The van der Waals surface area contributed by atoms with Crippen molar-refractivity contribution in [3.63, 3.8) is 0 Å². The Kier molecular flexibility index (Phi) is 3.50. The average molecular weight is 271 g/mol. The fraction of sp³-hybridized carbons (Fsp3) is 0.400. The molecular weight excluding hydrogens is 254 g/mol. The lowest BCUT2D eigenvalue weighted by atomic mass is 9.86. The van der Waals surface area contributed by atoms with Crippen LogP contribution in [0.2, 0.25) is 0 Å². The highest BCUT2D eigenvalue weighted by Crippen LogP contribution is 2.32. The quantitative estimate of drug-likeness (QED) is 0.629. The minimum atomic E-state index is -0.389. The molecule has 0 aliphatic heterocycles. The lowest BCUT2D eigenvalue weighted by molar-refractivity contribution is -0.384. The van der Waals surface area contributed by atoms with Gasteiger partial charge in [-0.05, 0) is 36.5 Å². The third-order valence-electron chi connectivity index (χ3n) is 4.00.